The molecule has 0 aliphatic carbocycles. The monoisotopic (exact) mass is 342 g/mol. The first kappa shape index (κ1) is 17.5. The number of hydrogen-bond acceptors (Lipinski definition) is 4. The lowest BCUT2D eigenvalue weighted by atomic mass is 10.1. The van der Waals surface area contributed by atoms with Gasteiger partial charge in [0.25, 0.3) is 0 Å². The highest BCUT2D eigenvalue weighted by molar-refractivity contribution is 5.88. The van der Waals surface area contributed by atoms with Crippen molar-refractivity contribution in [2.24, 2.45) is 0 Å². The molecule has 3 rings (SSSR count). The maximum absolute atomic E-state index is 12.6. The molecule has 0 unspecified atom stereocenters. The number of amides is 2. The number of carbonyl (C=O) groups excluding carboxylic acids is 1. The molecule has 2 heterocycles. The van der Waals surface area contributed by atoms with Gasteiger partial charge in [0.2, 0.25) is 0 Å². The Hall–Kier alpha value is -2.34. The Labute approximate surface area is 148 Å². The molecule has 0 saturated carbocycles. The number of hydrogen-bond donors (Lipinski definition) is 1. The Balaban J connectivity index is 1.61. The summed E-state index contributed by atoms with van der Waals surface area (Å²) >= 11 is 0. The van der Waals surface area contributed by atoms with Gasteiger partial charge in [-0.05, 0) is 32.8 Å². The van der Waals surface area contributed by atoms with E-state index < -0.39 is 0 Å². The molecule has 134 valence electrons. The average molecular weight is 342 g/mol. The van der Waals surface area contributed by atoms with Crippen LogP contribution in [0.2, 0.25) is 0 Å². The number of anilines is 1. The van der Waals surface area contributed by atoms with Crippen molar-refractivity contribution in [2.75, 3.05) is 25.0 Å². The van der Waals surface area contributed by atoms with Gasteiger partial charge in [-0.3, -0.25) is 10.2 Å². The van der Waals surface area contributed by atoms with Crippen LogP contribution in [0.5, 0.6) is 0 Å². The number of carbonyl (C=O) groups is 1. The summed E-state index contributed by atoms with van der Waals surface area (Å²) in [7, 11) is 0. The molecule has 6 nitrogen and oxygen atoms in total. The molecule has 2 atom stereocenters. The number of aromatic nitrogens is 1. The van der Waals surface area contributed by atoms with E-state index >= 15 is 0 Å². The highest BCUT2D eigenvalue weighted by atomic mass is 16.5. The van der Waals surface area contributed by atoms with Crippen LogP contribution in [-0.4, -0.2) is 46.7 Å². The van der Waals surface area contributed by atoms with Crippen LogP contribution >= 0.6 is 0 Å². The molecule has 2 aromatic rings. The van der Waals surface area contributed by atoms with Crippen LogP contribution in [0, 0.1) is 6.92 Å². The van der Waals surface area contributed by atoms with E-state index in [4.69, 9.17) is 4.52 Å². The number of likely N-dealkylation sites (N-methyl/N-ethyl adjacent to an activating group) is 1. The average Bonchev–Trinajstić information content (AvgIpc) is 3.25. The normalized spacial score (nSPS) is 18.9. The van der Waals surface area contributed by atoms with E-state index in [1.54, 1.807) is 13.0 Å². The number of aryl methyl sites for hydroxylation is 1. The second kappa shape index (κ2) is 7.70. The van der Waals surface area contributed by atoms with E-state index in [9.17, 15) is 4.79 Å². The first-order chi connectivity index (χ1) is 12.1. The smallest absolute Gasteiger partial charge is 0.323 e. The predicted molar refractivity (Wildman–Crippen MR) is 97.5 cm³/mol. The molecule has 2 amide bonds. The van der Waals surface area contributed by atoms with Crippen molar-refractivity contribution in [3.63, 3.8) is 0 Å². The van der Waals surface area contributed by atoms with Crippen LogP contribution in [-0.2, 0) is 0 Å². The summed E-state index contributed by atoms with van der Waals surface area (Å²) in [5.41, 5.74) is 1.31. The molecule has 0 bridgehead atoms. The zero-order valence-electron chi connectivity index (χ0n) is 15.1. The lowest BCUT2D eigenvalue weighted by molar-refractivity contribution is 0.183. The fourth-order valence-electron chi connectivity index (χ4n) is 3.49. The SMILES string of the molecule is CCN(C(=O)Nc1cc(C)on1)[C@H]1CCN([C@@H](C)c2ccccc2)C1. The van der Waals surface area contributed by atoms with Gasteiger partial charge in [-0.25, -0.2) is 4.79 Å². The predicted octanol–water partition coefficient (Wildman–Crippen LogP) is 3.67. The van der Waals surface area contributed by atoms with Gasteiger partial charge in [-0.15, -0.1) is 0 Å². The summed E-state index contributed by atoms with van der Waals surface area (Å²) in [6.45, 7) is 8.59. The van der Waals surface area contributed by atoms with Crippen molar-refractivity contribution in [1.29, 1.82) is 0 Å². The lowest BCUT2D eigenvalue weighted by Gasteiger charge is -2.29. The maximum Gasteiger partial charge on any atom is 0.323 e. The molecule has 1 N–H and O–H groups in total. The number of nitrogens with one attached hydrogen (secondary N) is 1. The topological polar surface area (TPSA) is 61.6 Å². The van der Waals surface area contributed by atoms with Gasteiger partial charge in [-0.2, -0.15) is 0 Å². The van der Waals surface area contributed by atoms with E-state index in [0.29, 0.717) is 24.2 Å². The Morgan fingerprint density at radius 2 is 2.20 bits per heavy atom. The minimum Gasteiger partial charge on any atom is -0.360 e. The van der Waals surface area contributed by atoms with Crippen LogP contribution in [0.25, 0.3) is 0 Å². The largest absolute Gasteiger partial charge is 0.360 e. The fraction of sp³-hybridized carbons (Fsp3) is 0.474. The van der Waals surface area contributed by atoms with E-state index in [1.165, 1.54) is 5.56 Å². The van der Waals surface area contributed by atoms with Gasteiger partial charge in [0, 0.05) is 37.8 Å². The Kier molecular flexibility index (Phi) is 5.38. The summed E-state index contributed by atoms with van der Waals surface area (Å²) in [5.74, 6) is 1.15. The van der Waals surface area contributed by atoms with Crippen LogP contribution in [0.15, 0.2) is 40.9 Å². The molecule has 6 heteroatoms. The van der Waals surface area contributed by atoms with Gasteiger partial charge in [-0.1, -0.05) is 35.5 Å². The van der Waals surface area contributed by atoms with E-state index in [-0.39, 0.29) is 12.1 Å². The van der Waals surface area contributed by atoms with Crippen LogP contribution in [0.4, 0.5) is 10.6 Å². The first-order valence-electron chi connectivity index (χ1n) is 8.88. The molecular weight excluding hydrogens is 316 g/mol. The standard InChI is InChI=1S/C19H26N4O2/c1-4-23(19(24)20-18-12-14(2)25-21-18)17-10-11-22(13-17)15(3)16-8-6-5-7-9-16/h5-9,12,15,17H,4,10-11,13H2,1-3H3,(H,20,21,24)/t15-,17-/m0/s1. The summed E-state index contributed by atoms with van der Waals surface area (Å²) in [4.78, 5) is 16.9. The van der Waals surface area contributed by atoms with E-state index in [2.05, 4.69) is 46.6 Å². The van der Waals surface area contributed by atoms with Gasteiger partial charge >= 0.3 is 6.03 Å². The molecule has 1 aliphatic heterocycles. The third kappa shape index (κ3) is 4.02. The molecule has 0 spiro atoms. The van der Waals surface area contributed by atoms with Crippen molar-refractivity contribution in [1.82, 2.24) is 15.0 Å². The quantitative estimate of drug-likeness (QED) is 0.900. The van der Waals surface area contributed by atoms with E-state index in [0.717, 1.165) is 19.5 Å². The molecule has 1 saturated heterocycles. The third-order valence-electron chi connectivity index (χ3n) is 4.93. The molecule has 25 heavy (non-hydrogen) atoms. The maximum atomic E-state index is 12.6. The third-order valence-corrected chi connectivity index (χ3v) is 4.93. The molecular formula is C19H26N4O2. The second-order valence-electron chi connectivity index (χ2n) is 6.56. The van der Waals surface area contributed by atoms with Gasteiger partial charge < -0.3 is 9.42 Å². The van der Waals surface area contributed by atoms with Gasteiger partial charge in [0.05, 0.1) is 0 Å². The number of likely N-dealkylation sites (tertiary alicyclic amines) is 1. The highest BCUT2D eigenvalue weighted by Crippen LogP contribution is 2.26. The fourth-order valence-corrected chi connectivity index (χ4v) is 3.49. The second-order valence-corrected chi connectivity index (χ2v) is 6.56. The highest BCUT2D eigenvalue weighted by Gasteiger charge is 2.32. The molecule has 1 fully saturated rings. The van der Waals surface area contributed by atoms with Crippen molar-refractivity contribution >= 4 is 11.8 Å². The van der Waals surface area contributed by atoms with E-state index in [1.807, 2.05) is 17.9 Å². The minimum atomic E-state index is -0.116. The lowest BCUT2D eigenvalue weighted by Crippen LogP contribution is -2.44. The van der Waals surface area contributed by atoms with Gasteiger partial charge in [0.15, 0.2) is 5.82 Å². The Morgan fingerprint density at radius 3 is 2.84 bits per heavy atom. The summed E-state index contributed by atoms with van der Waals surface area (Å²) in [6.07, 6.45) is 0.982. The number of nitrogens with zero attached hydrogens (tertiary/aromatic N) is 3. The molecule has 1 aromatic carbocycles. The van der Waals surface area contributed by atoms with Crippen molar-refractivity contribution in [3.05, 3.63) is 47.7 Å². The van der Waals surface area contributed by atoms with Crippen molar-refractivity contribution in [2.45, 2.75) is 39.3 Å². The van der Waals surface area contributed by atoms with Crippen molar-refractivity contribution < 1.29 is 9.32 Å². The Bertz CT molecular complexity index is 700. The van der Waals surface area contributed by atoms with Crippen LogP contribution in [0.3, 0.4) is 0 Å². The zero-order valence-corrected chi connectivity index (χ0v) is 15.1. The summed E-state index contributed by atoms with van der Waals surface area (Å²) < 4.78 is 5.01. The van der Waals surface area contributed by atoms with Crippen molar-refractivity contribution in [3.8, 4) is 0 Å². The zero-order chi connectivity index (χ0) is 17.8. The summed E-state index contributed by atoms with van der Waals surface area (Å²) in [6, 6.07) is 12.7. The first-order valence-corrected chi connectivity index (χ1v) is 8.88. The van der Waals surface area contributed by atoms with Gasteiger partial charge in [0.1, 0.15) is 5.76 Å². The number of benzene rings is 1. The molecule has 1 aromatic heterocycles. The summed E-state index contributed by atoms with van der Waals surface area (Å²) in [5, 5.41) is 6.67. The Morgan fingerprint density at radius 1 is 1.44 bits per heavy atom. The number of rotatable bonds is 5. The number of urea groups is 1. The minimum absolute atomic E-state index is 0.116. The molecule has 1 aliphatic rings. The molecule has 0 radical (unpaired) electrons. The van der Waals surface area contributed by atoms with Crippen LogP contribution < -0.4 is 5.32 Å². The van der Waals surface area contributed by atoms with Crippen LogP contribution in [0.1, 0.15) is 37.6 Å².